The molecule has 0 saturated carbocycles. The first-order chi connectivity index (χ1) is 10.1. The number of halogens is 1. The van der Waals surface area contributed by atoms with Gasteiger partial charge >= 0.3 is 0 Å². The van der Waals surface area contributed by atoms with Gasteiger partial charge in [-0.05, 0) is 55.8 Å². The van der Waals surface area contributed by atoms with Crippen molar-refractivity contribution in [2.75, 3.05) is 13.1 Å². The van der Waals surface area contributed by atoms with E-state index in [1.54, 1.807) is 0 Å². The Kier molecular flexibility index (Phi) is 5.74. The van der Waals surface area contributed by atoms with Crippen molar-refractivity contribution in [1.29, 1.82) is 0 Å². The van der Waals surface area contributed by atoms with Gasteiger partial charge in [0.25, 0.3) is 0 Å². The van der Waals surface area contributed by atoms with Crippen LogP contribution < -0.4 is 5.73 Å². The lowest BCUT2D eigenvalue weighted by Gasteiger charge is -2.38. The summed E-state index contributed by atoms with van der Waals surface area (Å²) in [6.07, 6.45) is 4.69. The molecule has 3 nitrogen and oxygen atoms in total. The summed E-state index contributed by atoms with van der Waals surface area (Å²) < 4.78 is 13.1. The number of piperidine rings is 1. The summed E-state index contributed by atoms with van der Waals surface area (Å²) in [4.78, 5) is 13.4. The molecule has 0 radical (unpaired) electrons. The zero-order valence-corrected chi connectivity index (χ0v) is 12.7. The third-order valence-corrected chi connectivity index (χ3v) is 4.43. The van der Waals surface area contributed by atoms with Gasteiger partial charge < -0.3 is 5.73 Å². The van der Waals surface area contributed by atoms with E-state index in [1.807, 2.05) is 12.1 Å². The van der Waals surface area contributed by atoms with Crippen LogP contribution in [-0.4, -0.2) is 23.9 Å². The van der Waals surface area contributed by atoms with Gasteiger partial charge in [0.2, 0.25) is 5.91 Å². The van der Waals surface area contributed by atoms with Gasteiger partial charge in [-0.25, -0.2) is 4.39 Å². The Bertz CT molecular complexity index is 460. The highest BCUT2D eigenvalue weighted by atomic mass is 19.1. The molecular formula is C17H25FN2O. The first-order valence-corrected chi connectivity index (χ1v) is 7.88. The van der Waals surface area contributed by atoms with Crippen LogP contribution in [0, 0.1) is 11.7 Å². The van der Waals surface area contributed by atoms with Crippen molar-refractivity contribution in [3.8, 4) is 0 Å². The van der Waals surface area contributed by atoms with Gasteiger partial charge in [-0.3, -0.25) is 9.69 Å². The van der Waals surface area contributed by atoms with Gasteiger partial charge in [-0.15, -0.1) is 0 Å². The first kappa shape index (κ1) is 16.0. The van der Waals surface area contributed by atoms with Crippen molar-refractivity contribution in [2.45, 2.75) is 45.1 Å². The molecule has 1 aromatic rings. The highest BCUT2D eigenvalue weighted by Gasteiger charge is 2.26. The monoisotopic (exact) mass is 292 g/mol. The lowest BCUT2D eigenvalue weighted by molar-refractivity contribution is -0.118. The summed E-state index contributed by atoms with van der Waals surface area (Å²) in [6.45, 7) is 4.24. The minimum atomic E-state index is -0.210. The molecule has 1 aliphatic rings. The maximum absolute atomic E-state index is 13.1. The number of carbonyl (C=O) groups is 1. The molecule has 0 spiro atoms. The second-order valence-electron chi connectivity index (χ2n) is 5.98. The molecule has 0 aromatic heterocycles. The summed E-state index contributed by atoms with van der Waals surface area (Å²) in [5, 5.41) is 0. The maximum atomic E-state index is 13.1. The number of likely N-dealkylation sites (tertiary alicyclic amines) is 1. The number of amides is 1. The Hall–Kier alpha value is -1.42. The Morgan fingerprint density at radius 1 is 1.43 bits per heavy atom. The fourth-order valence-corrected chi connectivity index (χ4v) is 3.35. The predicted octanol–water partition coefficient (Wildman–Crippen LogP) is 3.25. The summed E-state index contributed by atoms with van der Waals surface area (Å²) >= 11 is 0. The fourth-order valence-electron chi connectivity index (χ4n) is 3.35. The Morgan fingerprint density at radius 2 is 2.14 bits per heavy atom. The van der Waals surface area contributed by atoms with Gasteiger partial charge in [0.15, 0.2) is 0 Å². The molecular weight excluding hydrogens is 267 g/mol. The van der Waals surface area contributed by atoms with Gasteiger partial charge in [-0.1, -0.05) is 19.1 Å². The van der Waals surface area contributed by atoms with Crippen molar-refractivity contribution in [1.82, 2.24) is 4.90 Å². The third kappa shape index (κ3) is 4.53. The second kappa shape index (κ2) is 7.55. The molecule has 1 heterocycles. The molecule has 21 heavy (non-hydrogen) atoms. The van der Waals surface area contributed by atoms with Crippen LogP contribution in [0.2, 0.25) is 0 Å². The van der Waals surface area contributed by atoms with Crippen LogP contribution >= 0.6 is 0 Å². The lowest BCUT2D eigenvalue weighted by atomic mass is 9.90. The largest absolute Gasteiger partial charge is 0.370 e. The molecule has 1 aromatic carbocycles. The average Bonchev–Trinajstić information content (AvgIpc) is 2.48. The van der Waals surface area contributed by atoms with Crippen LogP contribution in [0.25, 0.3) is 0 Å². The number of nitrogens with zero attached hydrogens (tertiary/aromatic N) is 1. The zero-order valence-electron chi connectivity index (χ0n) is 12.7. The normalized spacial score (nSPS) is 21.1. The van der Waals surface area contributed by atoms with Crippen LogP contribution in [0.5, 0.6) is 0 Å². The van der Waals surface area contributed by atoms with Crippen LogP contribution in [0.1, 0.15) is 50.6 Å². The summed E-state index contributed by atoms with van der Waals surface area (Å²) in [7, 11) is 0. The molecule has 4 heteroatoms. The molecule has 0 bridgehead atoms. The summed E-state index contributed by atoms with van der Waals surface area (Å²) in [5.41, 5.74) is 6.42. The van der Waals surface area contributed by atoms with E-state index in [-0.39, 0.29) is 11.7 Å². The quantitative estimate of drug-likeness (QED) is 0.875. The standard InChI is InChI=1S/C17H25FN2O/c1-2-16(14-6-8-15(18)9-7-14)20-11-3-4-13(12-20)5-10-17(19)21/h6-9,13,16H,2-5,10-12H2,1H3,(H2,19,21). The van der Waals surface area contributed by atoms with E-state index in [9.17, 15) is 9.18 Å². The summed E-state index contributed by atoms with van der Waals surface area (Å²) in [5.74, 6) is 0.144. The molecule has 2 atom stereocenters. The van der Waals surface area contributed by atoms with E-state index < -0.39 is 0 Å². The minimum absolute atomic E-state index is 0.188. The van der Waals surface area contributed by atoms with Crippen LogP contribution in [0.3, 0.4) is 0 Å². The van der Waals surface area contributed by atoms with Crippen LogP contribution in [0.15, 0.2) is 24.3 Å². The highest BCUT2D eigenvalue weighted by molar-refractivity contribution is 5.73. The van der Waals surface area contributed by atoms with Gasteiger partial charge in [-0.2, -0.15) is 0 Å². The smallest absolute Gasteiger partial charge is 0.217 e. The Balaban J connectivity index is 2.00. The molecule has 1 aliphatic heterocycles. The molecule has 0 aliphatic carbocycles. The Morgan fingerprint density at radius 3 is 2.76 bits per heavy atom. The van der Waals surface area contributed by atoms with Crippen molar-refractivity contribution in [2.24, 2.45) is 11.7 Å². The van der Waals surface area contributed by atoms with Crippen LogP contribution in [0.4, 0.5) is 4.39 Å². The molecule has 116 valence electrons. The molecule has 1 amide bonds. The first-order valence-electron chi connectivity index (χ1n) is 7.88. The number of rotatable bonds is 6. The summed E-state index contributed by atoms with van der Waals surface area (Å²) in [6, 6.07) is 7.17. The SMILES string of the molecule is CCC(c1ccc(F)cc1)N1CCCC(CCC(N)=O)C1. The van der Waals surface area contributed by atoms with E-state index in [1.165, 1.54) is 24.1 Å². The van der Waals surface area contributed by atoms with E-state index in [0.29, 0.717) is 18.4 Å². The average molecular weight is 292 g/mol. The topological polar surface area (TPSA) is 46.3 Å². The van der Waals surface area contributed by atoms with Crippen molar-refractivity contribution in [3.05, 3.63) is 35.6 Å². The molecule has 1 saturated heterocycles. The number of carbonyl (C=O) groups excluding carboxylic acids is 1. The number of hydrogen-bond acceptors (Lipinski definition) is 2. The second-order valence-corrected chi connectivity index (χ2v) is 5.98. The third-order valence-electron chi connectivity index (χ3n) is 4.43. The van der Waals surface area contributed by atoms with E-state index >= 15 is 0 Å². The molecule has 1 fully saturated rings. The predicted molar refractivity (Wildman–Crippen MR) is 82.2 cm³/mol. The maximum Gasteiger partial charge on any atom is 0.217 e. The van der Waals surface area contributed by atoms with Crippen molar-refractivity contribution in [3.63, 3.8) is 0 Å². The van der Waals surface area contributed by atoms with Gasteiger partial charge in [0.1, 0.15) is 5.82 Å². The molecule has 2 rings (SSSR count). The highest BCUT2D eigenvalue weighted by Crippen LogP contribution is 2.30. The van der Waals surface area contributed by atoms with Gasteiger partial charge in [0.05, 0.1) is 0 Å². The van der Waals surface area contributed by atoms with Crippen LogP contribution in [-0.2, 0) is 4.79 Å². The zero-order chi connectivity index (χ0) is 15.2. The van der Waals surface area contributed by atoms with Crippen molar-refractivity contribution < 1.29 is 9.18 Å². The lowest BCUT2D eigenvalue weighted by Crippen LogP contribution is -2.38. The van der Waals surface area contributed by atoms with Crippen molar-refractivity contribution >= 4 is 5.91 Å². The Labute approximate surface area is 126 Å². The molecule has 2 N–H and O–H groups in total. The fraction of sp³-hybridized carbons (Fsp3) is 0.588. The molecule has 2 unspecified atom stereocenters. The number of benzene rings is 1. The number of hydrogen-bond donors (Lipinski definition) is 1. The van der Waals surface area contributed by atoms with E-state index in [4.69, 9.17) is 5.73 Å². The van der Waals surface area contributed by atoms with E-state index in [2.05, 4.69) is 11.8 Å². The number of primary amides is 1. The van der Waals surface area contributed by atoms with Gasteiger partial charge in [0, 0.05) is 19.0 Å². The van der Waals surface area contributed by atoms with E-state index in [0.717, 1.165) is 32.4 Å². The minimum Gasteiger partial charge on any atom is -0.370 e. The number of nitrogens with two attached hydrogens (primary N) is 1.